The Morgan fingerprint density at radius 3 is 2.32 bits per heavy atom. The van der Waals surface area contributed by atoms with Crippen molar-refractivity contribution in [1.82, 2.24) is 10.2 Å². The summed E-state index contributed by atoms with van der Waals surface area (Å²) in [7, 11) is 0. The van der Waals surface area contributed by atoms with E-state index in [0.717, 1.165) is 0 Å². The topological polar surface area (TPSA) is 102 Å². The number of para-hydroxylation sites is 1. The summed E-state index contributed by atoms with van der Waals surface area (Å²) in [5.74, 6) is -0.778. The van der Waals surface area contributed by atoms with Crippen molar-refractivity contribution in [3.63, 3.8) is 0 Å². The van der Waals surface area contributed by atoms with Crippen LogP contribution in [0.25, 0.3) is 0 Å². The number of hydrogen-bond acceptors (Lipinski definition) is 5. The number of piperidine rings is 1. The third kappa shape index (κ3) is 5.20. The zero-order chi connectivity index (χ0) is 24.1. The fourth-order valence-corrected chi connectivity index (χ4v) is 3.81. The summed E-state index contributed by atoms with van der Waals surface area (Å²) in [5.41, 5.74) is -0.164. The molecule has 0 radical (unpaired) electrons. The fourth-order valence-electron chi connectivity index (χ4n) is 3.81. The lowest BCUT2D eigenvalue weighted by Gasteiger charge is -2.32. The minimum absolute atomic E-state index is 0.0179. The van der Waals surface area contributed by atoms with E-state index < -0.39 is 16.6 Å². The molecule has 1 saturated heterocycles. The first kappa shape index (κ1) is 22.9. The molecule has 0 spiro atoms. The van der Waals surface area contributed by atoms with Crippen LogP contribution in [0.15, 0.2) is 72.8 Å². The Bertz CT molecular complexity index is 1210. The Morgan fingerprint density at radius 1 is 0.971 bits per heavy atom. The lowest BCUT2D eigenvalue weighted by molar-refractivity contribution is -0.384. The van der Waals surface area contributed by atoms with Crippen LogP contribution in [0, 0.1) is 15.9 Å². The number of nitrogens with zero attached hydrogens (tertiary/aromatic N) is 2. The molecular formula is C25H22FN3O5. The van der Waals surface area contributed by atoms with Gasteiger partial charge in [0.1, 0.15) is 17.3 Å². The molecule has 0 bridgehead atoms. The highest BCUT2D eigenvalue weighted by Gasteiger charge is 2.27. The summed E-state index contributed by atoms with van der Waals surface area (Å²) in [6, 6.07) is 18.2. The third-order valence-corrected chi connectivity index (χ3v) is 5.61. The van der Waals surface area contributed by atoms with Gasteiger partial charge in [0.25, 0.3) is 17.5 Å². The van der Waals surface area contributed by atoms with Crippen molar-refractivity contribution in [2.24, 2.45) is 0 Å². The van der Waals surface area contributed by atoms with Gasteiger partial charge in [-0.2, -0.15) is 0 Å². The molecule has 3 aromatic carbocycles. The Labute approximate surface area is 195 Å². The Morgan fingerprint density at radius 2 is 1.65 bits per heavy atom. The number of carbonyl (C=O) groups excluding carboxylic acids is 2. The van der Waals surface area contributed by atoms with Crippen LogP contribution in [0.1, 0.15) is 33.6 Å². The van der Waals surface area contributed by atoms with Crippen LogP contribution in [0.5, 0.6) is 11.5 Å². The molecule has 9 heteroatoms. The van der Waals surface area contributed by atoms with Gasteiger partial charge in [-0.15, -0.1) is 0 Å². The van der Waals surface area contributed by atoms with Gasteiger partial charge in [-0.05, 0) is 43.2 Å². The molecule has 4 rings (SSSR count). The van der Waals surface area contributed by atoms with E-state index in [1.807, 2.05) is 6.07 Å². The number of nitro groups is 1. The van der Waals surface area contributed by atoms with Crippen LogP contribution in [-0.4, -0.2) is 40.8 Å². The predicted octanol–water partition coefficient (Wildman–Crippen LogP) is 4.56. The molecule has 8 nitrogen and oxygen atoms in total. The maximum absolute atomic E-state index is 14.0. The average Bonchev–Trinajstić information content (AvgIpc) is 2.85. The number of rotatable bonds is 6. The highest BCUT2D eigenvalue weighted by Crippen LogP contribution is 2.29. The van der Waals surface area contributed by atoms with E-state index >= 15 is 0 Å². The van der Waals surface area contributed by atoms with Crippen LogP contribution >= 0.6 is 0 Å². The molecule has 1 aliphatic heterocycles. The summed E-state index contributed by atoms with van der Waals surface area (Å²) in [4.78, 5) is 37.9. The first-order chi connectivity index (χ1) is 16.4. The van der Waals surface area contributed by atoms with Gasteiger partial charge in [0.15, 0.2) is 0 Å². The van der Waals surface area contributed by atoms with E-state index in [-0.39, 0.29) is 34.5 Å². The summed E-state index contributed by atoms with van der Waals surface area (Å²) in [6.07, 6.45) is 0.936. The minimum Gasteiger partial charge on any atom is -0.457 e. The summed E-state index contributed by atoms with van der Waals surface area (Å²) >= 11 is 0. The van der Waals surface area contributed by atoms with Crippen molar-refractivity contribution in [2.75, 3.05) is 13.1 Å². The quantitative estimate of drug-likeness (QED) is 0.427. The number of non-ortho nitro benzene ring substituents is 1. The third-order valence-electron chi connectivity index (χ3n) is 5.61. The van der Waals surface area contributed by atoms with Crippen LogP contribution < -0.4 is 10.1 Å². The molecule has 0 unspecified atom stereocenters. The van der Waals surface area contributed by atoms with Crippen molar-refractivity contribution in [3.8, 4) is 11.5 Å². The van der Waals surface area contributed by atoms with E-state index in [2.05, 4.69) is 5.32 Å². The molecule has 0 aromatic heterocycles. The molecule has 174 valence electrons. The zero-order valence-corrected chi connectivity index (χ0v) is 18.1. The highest BCUT2D eigenvalue weighted by molar-refractivity contribution is 5.98. The zero-order valence-electron chi connectivity index (χ0n) is 18.1. The number of ether oxygens (including phenoxy) is 1. The Hall–Kier alpha value is -4.27. The summed E-state index contributed by atoms with van der Waals surface area (Å²) < 4.78 is 19.7. The van der Waals surface area contributed by atoms with E-state index in [0.29, 0.717) is 31.7 Å². The van der Waals surface area contributed by atoms with Crippen molar-refractivity contribution in [2.45, 2.75) is 18.9 Å². The standard InChI is InChI=1S/C25H22FN3O5/c26-22-9-5-4-8-20(22)25(31)28-14-12-17(13-15-28)27-24(30)21-16-18(29(32)33)10-11-23(21)34-19-6-2-1-3-7-19/h1-11,16-17H,12-15H2,(H,27,30). The van der Waals surface area contributed by atoms with Crippen LogP contribution in [0.3, 0.4) is 0 Å². The number of nitrogens with one attached hydrogen (secondary N) is 1. The van der Waals surface area contributed by atoms with Gasteiger partial charge in [0.05, 0.1) is 16.1 Å². The SMILES string of the molecule is O=C(NC1CCN(C(=O)c2ccccc2F)CC1)c1cc([N+](=O)[O-])ccc1Oc1ccccc1. The number of benzene rings is 3. The van der Waals surface area contributed by atoms with Crippen molar-refractivity contribution >= 4 is 17.5 Å². The largest absolute Gasteiger partial charge is 0.457 e. The van der Waals surface area contributed by atoms with Crippen LogP contribution in [-0.2, 0) is 0 Å². The Balaban J connectivity index is 1.44. The smallest absolute Gasteiger partial charge is 0.270 e. The maximum Gasteiger partial charge on any atom is 0.270 e. The number of hydrogen-bond donors (Lipinski definition) is 1. The van der Waals surface area contributed by atoms with Gasteiger partial charge in [-0.25, -0.2) is 4.39 Å². The first-order valence-corrected chi connectivity index (χ1v) is 10.8. The lowest BCUT2D eigenvalue weighted by atomic mass is 10.0. The van der Waals surface area contributed by atoms with Crippen molar-refractivity contribution in [3.05, 3.63) is 99.9 Å². The fraction of sp³-hybridized carbons (Fsp3) is 0.200. The number of amides is 2. The molecule has 34 heavy (non-hydrogen) atoms. The number of likely N-dealkylation sites (tertiary alicyclic amines) is 1. The van der Waals surface area contributed by atoms with Crippen LogP contribution in [0.2, 0.25) is 0 Å². The van der Waals surface area contributed by atoms with Gasteiger partial charge < -0.3 is 15.0 Å². The minimum atomic E-state index is -0.574. The molecule has 1 fully saturated rings. The first-order valence-electron chi connectivity index (χ1n) is 10.8. The van der Waals surface area contributed by atoms with E-state index in [9.17, 15) is 24.1 Å². The monoisotopic (exact) mass is 463 g/mol. The van der Waals surface area contributed by atoms with Gasteiger partial charge in [-0.3, -0.25) is 19.7 Å². The summed E-state index contributed by atoms with van der Waals surface area (Å²) in [6.45, 7) is 0.695. The van der Waals surface area contributed by atoms with E-state index in [1.54, 1.807) is 35.2 Å². The van der Waals surface area contributed by atoms with Crippen LogP contribution in [0.4, 0.5) is 10.1 Å². The van der Waals surface area contributed by atoms with Crippen molar-refractivity contribution in [1.29, 1.82) is 0 Å². The number of halogens is 1. The molecule has 1 heterocycles. The molecule has 0 aliphatic carbocycles. The second kappa shape index (κ2) is 10.1. The van der Waals surface area contributed by atoms with Gasteiger partial charge >= 0.3 is 0 Å². The molecule has 2 amide bonds. The predicted molar refractivity (Wildman–Crippen MR) is 122 cm³/mol. The number of carbonyl (C=O) groups is 2. The Kier molecular flexibility index (Phi) is 6.82. The second-order valence-corrected chi connectivity index (χ2v) is 7.87. The molecule has 1 aliphatic rings. The second-order valence-electron chi connectivity index (χ2n) is 7.87. The lowest BCUT2D eigenvalue weighted by Crippen LogP contribution is -2.46. The molecular weight excluding hydrogens is 441 g/mol. The maximum atomic E-state index is 14.0. The molecule has 3 aromatic rings. The number of nitro benzene ring substituents is 1. The highest BCUT2D eigenvalue weighted by atomic mass is 19.1. The molecule has 0 saturated carbocycles. The molecule has 0 atom stereocenters. The summed E-state index contributed by atoms with van der Waals surface area (Å²) in [5, 5.41) is 14.1. The normalized spacial score (nSPS) is 13.9. The molecule has 1 N–H and O–H groups in total. The van der Waals surface area contributed by atoms with Crippen molar-refractivity contribution < 1.29 is 23.6 Å². The van der Waals surface area contributed by atoms with E-state index in [4.69, 9.17) is 4.74 Å². The van der Waals surface area contributed by atoms with Gasteiger partial charge in [-0.1, -0.05) is 30.3 Å². The van der Waals surface area contributed by atoms with E-state index in [1.165, 1.54) is 36.4 Å². The van der Waals surface area contributed by atoms with Gasteiger partial charge in [0.2, 0.25) is 0 Å². The van der Waals surface area contributed by atoms with Gasteiger partial charge in [0, 0.05) is 31.3 Å². The average molecular weight is 463 g/mol.